The molecular weight excluding hydrogens is 533 g/mol. The molecule has 4 amide bonds. The molecule has 3 heterocycles. The van der Waals surface area contributed by atoms with Crippen LogP contribution in [0.2, 0.25) is 0 Å². The molecule has 0 spiro atoms. The standard InChI is InChI=1S/C30H42BN7O4/c1-35-11-13-36(14-12-35)19-22-15-21(17-25(31)28(22)32)29(40)33-18-27(39)37-8-6-23(7-9-37)38-10-5-20-16-24(42-2)3-4-26(20)34-30(38)41/h3-4,15-17,23H,5-14,18-19,31-32H2,1-2H3,(H,33,40)(H,34,41). The third kappa shape index (κ3) is 6.82. The highest BCUT2D eigenvalue weighted by molar-refractivity contribution is 6.36. The number of likely N-dealkylation sites (tertiary alicyclic amines) is 1. The number of piperidine rings is 1. The third-order valence-corrected chi connectivity index (χ3v) is 8.82. The van der Waals surface area contributed by atoms with Gasteiger partial charge < -0.3 is 35.8 Å². The number of likely N-dealkylation sites (N-methyl/N-ethyl adjacent to an activating group) is 1. The zero-order chi connectivity index (χ0) is 29.8. The zero-order valence-corrected chi connectivity index (χ0v) is 24.9. The van der Waals surface area contributed by atoms with Crippen molar-refractivity contribution in [2.45, 2.75) is 31.8 Å². The molecule has 0 aliphatic carbocycles. The van der Waals surface area contributed by atoms with Crippen LogP contribution >= 0.6 is 0 Å². The van der Waals surface area contributed by atoms with Crippen LogP contribution in [0.15, 0.2) is 30.3 Å². The minimum Gasteiger partial charge on any atom is -0.497 e. The minimum absolute atomic E-state index is 0.0522. The number of nitrogen functional groups attached to an aromatic ring is 1. The topological polar surface area (TPSA) is 123 Å². The van der Waals surface area contributed by atoms with Crippen molar-refractivity contribution in [2.24, 2.45) is 0 Å². The molecule has 0 saturated carbocycles. The fraction of sp³-hybridized carbons (Fsp3) is 0.500. The van der Waals surface area contributed by atoms with Gasteiger partial charge >= 0.3 is 6.03 Å². The van der Waals surface area contributed by atoms with Gasteiger partial charge in [-0.25, -0.2) is 4.79 Å². The highest BCUT2D eigenvalue weighted by Crippen LogP contribution is 2.27. The van der Waals surface area contributed by atoms with Crippen LogP contribution in [0.5, 0.6) is 5.75 Å². The average Bonchev–Trinajstić information content (AvgIpc) is 3.16. The molecule has 42 heavy (non-hydrogen) atoms. The molecule has 2 fully saturated rings. The van der Waals surface area contributed by atoms with Gasteiger partial charge in [-0.2, -0.15) is 0 Å². The summed E-state index contributed by atoms with van der Waals surface area (Å²) in [6, 6.07) is 9.28. The molecule has 11 nitrogen and oxygen atoms in total. The molecule has 4 N–H and O–H groups in total. The lowest BCUT2D eigenvalue weighted by atomic mass is 9.89. The minimum atomic E-state index is -0.279. The van der Waals surface area contributed by atoms with Gasteiger partial charge in [0.15, 0.2) is 0 Å². The smallest absolute Gasteiger partial charge is 0.322 e. The number of anilines is 2. The summed E-state index contributed by atoms with van der Waals surface area (Å²) in [5.74, 6) is 0.373. The van der Waals surface area contributed by atoms with E-state index in [-0.39, 0.29) is 30.4 Å². The fourth-order valence-corrected chi connectivity index (χ4v) is 6.08. The number of nitrogens with one attached hydrogen (secondary N) is 2. The Morgan fingerprint density at radius 3 is 2.52 bits per heavy atom. The number of ether oxygens (including phenoxy) is 1. The van der Waals surface area contributed by atoms with Crippen molar-refractivity contribution in [3.05, 3.63) is 47.0 Å². The largest absolute Gasteiger partial charge is 0.497 e. The Morgan fingerprint density at radius 1 is 1.07 bits per heavy atom. The number of amides is 4. The Kier molecular flexibility index (Phi) is 9.23. The number of nitrogens with zero attached hydrogens (tertiary/aromatic N) is 4. The van der Waals surface area contributed by atoms with Crippen molar-refractivity contribution in [3.8, 4) is 5.75 Å². The van der Waals surface area contributed by atoms with Gasteiger partial charge in [-0.1, -0.05) is 11.5 Å². The van der Waals surface area contributed by atoms with Crippen molar-refractivity contribution in [1.82, 2.24) is 24.9 Å². The zero-order valence-electron chi connectivity index (χ0n) is 24.9. The van der Waals surface area contributed by atoms with Gasteiger partial charge in [0, 0.05) is 75.3 Å². The third-order valence-electron chi connectivity index (χ3n) is 8.82. The van der Waals surface area contributed by atoms with Crippen molar-refractivity contribution in [2.75, 3.05) is 77.6 Å². The number of fused-ring (bicyclic) bond motifs is 1. The summed E-state index contributed by atoms with van der Waals surface area (Å²) in [4.78, 5) is 47.4. The SMILES string of the molecule is Bc1cc(C(=O)NCC(=O)N2CCC(N3CCc4cc(OC)ccc4NC3=O)CC2)cc(CN2CCN(C)CC2)c1N. The molecule has 12 heteroatoms. The molecule has 0 atom stereocenters. The normalized spacial score (nSPS) is 18.7. The number of hydrogen-bond acceptors (Lipinski definition) is 7. The highest BCUT2D eigenvalue weighted by Gasteiger charge is 2.31. The molecule has 3 aliphatic rings. The van der Waals surface area contributed by atoms with Gasteiger partial charge in [0.2, 0.25) is 5.91 Å². The summed E-state index contributed by atoms with van der Waals surface area (Å²) in [6.07, 6.45) is 2.12. The quantitative estimate of drug-likeness (QED) is 0.316. The van der Waals surface area contributed by atoms with E-state index in [1.807, 2.05) is 37.0 Å². The van der Waals surface area contributed by atoms with Gasteiger partial charge in [0.25, 0.3) is 5.91 Å². The number of nitrogens with two attached hydrogens (primary N) is 1. The molecule has 5 rings (SSSR count). The van der Waals surface area contributed by atoms with E-state index in [1.165, 1.54) is 0 Å². The molecule has 0 unspecified atom stereocenters. The number of carbonyl (C=O) groups excluding carboxylic acids is 3. The van der Waals surface area contributed by atoms with Crippen LogP contribution in [0, 0.1) is 0 Å². The van der Waals surface area contributed by atoms with E-state index in [1.54, 1.807) is 18.1 Å². The summed E-state index contributed by atoms with van der Waals surface area (Å²) < 4.78 is 5.33. The predicted octanol–water partition coefficient (Wildman–Crippen LogP) is 0.0942. The van der Waals surface area contributed by atoms with Gasteiger partial charge in [0.05, 0.1) is 13.7 Å². The first-order chi connectivity index (χ1) is 20.2. The maximum absolute atomic E-state index is 13.0. The second-order valence-corrected chi connectivity index (χ2v) is 11.6. The highest BCUT2D eigenvalue weighted by atomic mass is 16.5. The number of rotatable bonds is 7. The summed E-state index contributed by atoms with van der Waals surface area (Å²) >= 11 is 0. The lowest BCUT2D eigenvalue weighted by Crippen LogP contribution is -2.51. The van der Waals surface area contributed by atoms with Gasteiger partial charge in [-0.15, -0.1) is 0 Å². The Labute approximate surface area is 248 Å². The number of piperazine rings is 1. The van der Waals surface area contributed by atoms with E-state index >= 15 is 0 Å². The summed E-state index contributed by atoms with van der Waals surface area (Å²) in [6.45, 7) is 6.26. The Bertz CT molecular complexity index is 1320. The van der Waals surface area contributed by atoms with E-state index in [0.29, 0.717) is 50.3 Å². The van der Waals surface area contributed by atoms with Crippen LogP contribution < -0.4 is 26.6 Å². The summed E-state index contributed by atoms with van der Waals surface area (Å²) in [5, 5.41) is 5.84. The average molecular weight is 576 g/mol. The van der Waals surface area contributed by atoms with E-state index in [2.05, 4.69) is 27.5 Å². The second kappa shape index (κ2) is 13.0. The molecule has 2 aromatic carbocycles. The molecule has 2 saturated heterocycles. The second-order valence-electron chi connectivity index (χ2n) is 11.6. The molecule has 0 aromatic heterocycles. The molecule has 3 aliphatic heterocycles. The number of urea groups is 1. The van der Waals surface area contributed by atoms with Crippen LogP contribution in [-0.2, 0) is 17.8 Å². The number of benzene rings is 2. The Hall–Kier alpha value is -3.77. The predicted molar refractivity (Wildman–Crippen MR) is 166 cm³/mol. The Balaban J connectivity index is 1.11. The van der Waals surface area contributed by atoms with Crippen molar-refractivity contribution in [1.29, 1.82) is 0 Å². The van der Waals surface area contributed by atoms with Crippen LogP contribution in [-0.4, -0.2) is 118 Å². The lowest BCUT2D eigenvalue weighted by Gasteiger charge is -2.38. The maximum atomic E-state index is 13.0. The van der Waals surface area contributed by atoms with E-state index in [9.17, 15) is 14.4 Å². The number of hydrogen-bond donors (Lipinski definition) is 3. The molecule has 0 radical (unpaired) electrons. The van der Waals surface area contributed by atoms with Gasteiger partial charge in [-0.3, -0.25) is 14.5 Å². The molecular formula is C30H42BN7O4. The molecule has 224 valence electrons. The van der Waals surface area contributed by atoms with E-state index in [4.69, 9.17) is 10.5 Å². The molecule has 0 bridgehead atoms. The molecule has 2 aromatic rings. The van der Waals surface area contributed by atoms with Crippen molar-refractivity contribution in [3.63, 3.8) is 0 Å². The first kappa shape index (κ1) is 29.7. The Morgan fingerprint density at radius 2 is 1.81 bits per heavy atom. The van der Waals surface area contributed by atoms with E-state index in [0.717, 1.165) is 60.6 Å². The first-order valence-electron chi connectivity index (χ1n) is 14.8. The van der Waals surface area contributed by atoms with Gasteiger partial charge in [0.1, 0.15) is 13.6 Å². The van der Waals surface area contributed by atoms with Crippen LogP contribution in [0.4, 0.5) is 16.2 Å². The van der Waals surface area contributed by atoms with Crippen LogP contribution in [0.25, 0.3) is 0 Å². The van der Waals surface area contributed by atoms with Crippen LogP contribution in [0.3, 0.4) is 0 Å². The monoisotopic (exact) mass is 575 g/mol. The van der Waals surface area contributed by atoms with Crippen molar-refractivity contribution < 1.29 is 19.1 Å². The first-order valence-corrected chi connectivity index (χ1v) is 14.8. The fourth-order valence-electron chi connectivity index (χ4n) is 6.08. The summed E-state index contributed by atoms with van der Waals surface area (Å²) in [5.41, 5.74) is 11.3. The van der Waals surface area contributed by atoms with Gasteiger partial charge in [-0.05, 0) is 61.7 Å². The van der Waals surface area contributed by atoms with E-state index < -0.39 is 0 Å². The number of carbonyl (C=O) groups is 3. The maximum Gasteiger partial charge on any atom is 0.322 e. The van der Waals surface area contributed by atoms with Crippen molar-refractivity contribution >= 4 is 42.5 Å². The van der Waals surface area contributed by atoms with Crippen LogP contribution in [0.1, 0.15) is 34.3 Å². The summed E-state index contributed by atoms with van der Waals surface area (Å²) in [7, 11) is 5.67. The lowest BCUT2D eigenvalue weighted by molar-refractivity contribution is -0.131. The number of methoxy groups -OCH3 is 1.